The van der Waals surface area contributed by atoms with Crippen molar-refractivity contribution < 1.29 is 22.7 Å². The largest absolute Gasteiger partial charge is 0.472 e. The number of hydrogen-bond donors (Lipinski definition) is 1. The second-order valence-corrected chi connectivity index (χ2v) is 5.84. The minimum Gasteiger partial charge on any atom is -0.472 e. The monoisotopic (exact) mass is 329 g/mol. The van der Waals surface area contributed by atoms with Gasteiger partial charge in [0.25, 0.3) is 0 Å². The van der Waals surface area contributed by atoms with Crippen LogP contribution in [0, 0.1) is 0 Å². The zero-order valence-electron chi connectivity index (χ0n) is 12.5. The van der Waals surface area contributed by atoms with Crippen molar-refractivity contribution >= 4 is 5.91 Å². The standard InChI is InChI=1S/C15H18F3N3O2/c16-15(17,18)10-3-4-13(20-8-10)23-11-5-7-21(9-11)14(22)12-2-1-6-19-12/h3-4,8,11-12,19H,1-2,5-7,9H2. The van der Waals surface area contributed by atoms with Crippen molar-refractivity contribution in [3.63, 3.8) is 0 Å². The second kappa shape index (κ2) is 6.35. The molecule has 0 aromatic carbocycles. The molecule has 2 fully saturated rings. The second-order valence-electron chi connectivity index (χ2n) is 5.84. The number of hydrogen-bond acceptors (Lipinski definition) is 4. The first-order valence-electron chi connectivity index (χ1n) is 7.65. The number of carbonyl (C=O) groups is 1. The molecule has 2 atom stereocenters. The number of alkyl halides is 3. The Morgan fingerprint density at radius 1 is 1.35 bits per heavy atom. The molecule has 5 nitrogen and oxygen atoms in total. The van der Waals surface area contributed by atoms with Crippen molar-refractivity contribution in [2.24, 2.45) is 0 Å². The first-order chi connectivity index (χ1) is 10.9. The summed E-state index contributed by atoms with van der Waals surface area (Å²) in [6, 6.07) is 2.05. The summed E-state index contributed by atoms with van der Waals surface area (Å²) < 4.78 is 43.0. The molecule has 2 unspecified atom stereocenters. The van der Waals surface area contributed by atoms with Crippen LogP contribution in [0.2, 0.25) is 0 Å². The summed E-state index contributed by atoms with van der Waals surface area (Å²) in [6.07, 6.45) is -1.38. The van der Waals surface area contributed by atoms with E-state index in [1.165, 1.54) is 6.07 Å². The fraction of sp³-hybridized carbons (Fsp3) is 0.600. The van der Waals surface area contributed by atoms with E-state index in [1.54, 1.807) is 4.90 Å². The van der Waals surface area contributed by atoms with Gasteiger partial charge in [-0.1, -0.05) is 0 Å². The predicted molar refractivity (Wildman–Crippen MR) is 75.9 cm³/mol. The van der Waals surface area contributed by atoms with Gasteiger partial charge in [-0.25, -0.2) is 4.98 Å². The quantitative estimate of drug-likeness (QED) is 0.919. The van der Waals surface area contributed by atoms with Crippen LogP contribution in [0.3, 0.4) is 0 Å². The van der Waals surface area contributed by atoms with Crippen LogP contribution in [0.15, 0.2) is 18.3 Å². The van der Waals surface area contributed by atoms with Crippen LogP contribution in [-0.2, 0) is 11.0 Å². The highest BCUT2D eigenvalue weighted by atomic mass is 19.4. The van der Waals surface area contributed by atoms with Gasteiger partial charge in [-0.05, 0) is 25.5 Å². The fourth-order valence-electron chi connectivity index (χ4n) is 2.93. The Balaban J connectivity index is 1.54. The average molecular weight is 329 g/mol. The van der Waals surface area contributed by atoms with Crippen molar-refractivity contribution in [2.75, 3.05) is 19.6 Å². The van der Waals surface area contributed by atoms with Gasteiger partial charge in [0.15, 0.2) is 0 Å². The van der Waals surface area contributed by atoms with Gasteiger partial charge < -0.3 is 15.0 Å². The van der Waals surface area contributed by atoms with Gasteiger partial charge in [0, 0.05) is 25.2 Å². The van der Waals surface area contributed by atoms with Crippen LogP contribution in [0.5, 0.6) is 5.88 Å². The zero-order valence-corrected chi connectivity index (χ0v) is 12.5. The number of rotatable bonds is 3. The molecule has 2 aliphatic heterocycles. The van der Waals surface area contributed by atoms with Crippen molar-refractivity contribution in [3.05, 3.63) is 23.9 Å². The molecule has 0 saturated carbocycles. The summed E-state index contributed by atoms with van der Waals surface area (Å²) >= 11 is 0. The van der Waals surface area contributed by atoms with Gasteiger partial charge >= 0.3 is 6.18 Å². The van der Waals surface area contributed by atoms with E-state index in [2.05, 4.69) is 10.3 Å². The molecule has 23 heavy (non-hydrogen) atoms. The van der Waals surface area contributed by atoms with Gasteiger partial charge in [-0.15, -0.1) is 0 Å². The Kier molecular flexibility index (Phi) is 4.43. The third-order valence-corrected chi connectivity index (χ3v) is 4.17. The number of halogens is 3. The van der Waals surface area contributed by atoms with E-state index in [9.17, 15) is 18.0 Å². The maximum atomic E-state index is 12.5. The summed E-state index contributed by atoms with van der Waals surface area (Å²) in [5.41, 5.74) is -0.805. The molecule has 0 spiro atoms. The van der Waals surface area contributed by atoms with Crippen LogP contribution in [0.25, 0.3) is 0 Å². The van der Waals surface area contributed by atoms with Crippen LogP contribution < -0.4 is 10.1 Å². The molecule has 1 aromatic heterocycles. The summed E-state index contributed by atoms with van der Waals surface area (Å²) in [7, 11) is 0. The molecule has 3 rings (SSSR count). The maximum Gasteiger partial charge on any atom is 0.417 e. The van der Waals surface area contributed by atoms with E-state index in [-0.39, 0.29) is 23.9 Å². The number of likely N-dealkylation sites (tertiary alicyclic amines) is 1. The van der Waals surface area contributed by atoms with Crippen molar-refractivity contribution in [2.45, 2.75) is 37.6 Å². The molecule has 1 N–H and O–H groups in total. The number of nitrogens with zero attached hydrogens (tertiary/aromatic N) is 2. The van der Waals surface area contributed by atoms with E-state index >= 15 is 0 Å². The van der Waals surface area contributed by atoms with Crippen molar-refractivity contribution in [1.29, 1.82) is 0 Å². The third-order valence-electron chi connectivity index (χ3n) is 4.17. The SMILES string of the molecule is O=C(C1CCCN1)N1CCC(Oc2ccc(C(F)(F)F)cn2)C1. The molecule has 126 valence electrons. The lowest BCUT2D eigenvalue weighted by molar-refractivity contribution is -0.138. The summed E-state index contributed by atoms with van der Waals surface area (Å²) in [5, 5.41) is 3.17. The normalized spacial score (nSPS) is 24.9. The Bertz CT molecular complexity index is 556. The van der Waals surface area contributed by atoms with Crippen molar-refractivity contribution in [3.8, 4) is 5.88 Å². The zero-order chi connectivity index (χ0) is 16.4. The van der Waals surface area contributed by atoms with Crippen molar-refractivity contribution in [1.82, 2.24) is 15.2 Å². The van der Waals surface area contributed by atoms with Gasteiger partial charge in [-0.3, -0.25) is 4.79 Å². The lowest BCUT2D eigenvalue weighted by Crippen LogP contribution is -2.43. The number of nitrogens with one attached hydrogen (secondary N) is 1. The molecule has 1 amide bonds. The fourth-order valence-corrected chi connectivity index (χ4v) is 2.93. The number of carbonyl (C=O) groups excluding carboxylic acids is 1. The lowest BCUT2D eigenvalue weighted by Gasteiger charge is -2.20. The number of amides is 1. The minimum absolute atomic E-state index is 0.0778. The van der Waals surface area contributed by atoms with Crippen LogP contribution >= 0.6 is 0 Å². The van der Waals surface area contributed by atoms with E-state index in [1.807, 2.05) is 0 Å². The molecule has 0 bridgehead atoms. The molecular weight excluding hydrogens is 311 g/mol. The topological polar surface area (TPSA) is 54.5 Å². The number of ether oxygens (including phenoxy) is 1. The number of aromatic nitrogens is 1. The Morgan fingerprint density at radius 2 is 2.17 bits per heavy atom. The smallest absolute Gasteiger partial charge is 0.417 e. The first-order valence-corrected chi connectivity index (χ1v) is 7.65. The molecular formula is C15H18F3N3O2. The third kappa shape index (κ3) is 3.74. The highest BCUT2D eigenvalue weighted by Gasteiger charge is 2.34. The van der Waals surface area contributed by atoms with Gasteiger partial charge in [0.1, 0.15) is 6.10 Å². The first kappa shape index (κ1) is 16.0. The molecule has 1 aromatic rings. The lowest BCUT2D eigenvalue weighted by atomic mass is 10.2. The van der Waals surface area contributed by atoms with E-state index in [4.69, 9.17) is 4.74 Å². The highest BCUT2D eigenvalue weighted by Crippen LogP contribution is 2.29. The van der Waals surface area contributed by atoms with E-state index in [0.717, 1.165) is 31.6 Å². The summed E-state index contributed by atoms with van der Waals surface area (Å²) in [4.78, 5) is 17.7. The average Bonchev–Trinajstić information content (AvgIpc) is 3.18. The van der Waals surface area contributed by atoms with Gasteiger partial charge in [0.05, 0.1) is 18.2 Å². The maximum absolute atomic E-state index is 12.5. The summed E-state index contributed by atoms with van der Waals surface area (Å²) in [5.74, 6) is 0.227. The molecule has 2 aliphatic rings. The van der Waals surface area contributed by atoms with Gasteiger partial charge in [0.2, 0.25) is 11.8 Å². The molecule has 0 radical (unpaired) electrons. The molecule has 0 aliphatic carbocycles. The Labute approximate surface area is 131 Å². The minimum atomic E-state index is -4.41. The summed E-state index contributed by atoms with van der Waals surface area (Å²) in [6.45, 7) is 1.90. The van der Waals surface area contributed by atoms with Crippen LogP contribution in [0.4, 0.5) is 13.2 Å². The molecule has 2 saturated heterocycles. The van der Waals surface area contributed by atoms with E-state index in [0.29, 0.717) is 19.5 Å². The van der Waals surface area contributed by atoms with Crippen LogP contribution in [-0.4, -0.2) is 47.6 Å². The van der Waals surface area contributed by atoms with Crippen LogP contribution in [0.1, 0.15) is 24.8 Å². The molecule has 8 heteroatoms. The Morgan fingerprint density at radius 3 is 2.78 bits per heavy atom. The van der Waals surface area contributed by atoms with Gasteiger partial charge in [-0.2, -0.15) is 13.2 Å². The number of pyridine rings is 1. The van der Waals surface area contributed by atoms with E-state index < -0.39 is 11.7 Å². The highest BCUT2D eigenvalue weighted by molar-refractivity contribution is 5.82. The Hall–Kier alpha value is -1.83. The molecule has 3 heterocycles. The predicted octanol–water partition coefficient (Wildman–Crippen LogP) is 1.83.